The van der Waals surface area contributed by atoms with Crippen molar-refractivity contribution in [2.45, 2.75) is 11.6 Å². The zero-order chi connectivity index (χ0) is 21.2. The minimum absolute atomic E-state index is 0.131. The normalized spacial score (nSPS) is 14.9. The fourth-order valence-corrected chi connectivity index (χ4v) is 3.95. The number of methoxy groups -OCH3 is 1. The van der Waals surface area contributed by atoms with Gasteiger partial charge >= 0.3 is 0 Å². The van der Waals surface area contributed by atoms with E-state index in [1.165, 1.54) is 6.08 Å². The van der Waals surface area contributed by atoms with E-state index >= 15 is 0 Å². The lowest BCUT2D eigenvalue weighted by Crippen LogP contribution is -2.37. The Morgan fingerprint density at radius 2 is 2.03 bits per heavy atom. The summed E-state index contributed by atoms with van der Waals surface area (Å²) in [4.78, 5) is 14.4. The number of nitrogens with zero attached hydrogens (tertiary/aromatic N) is 4. The van der Waals surface area contributed by atoms with Crippen LogP contribution >= 0.6 is 11.8 Å². The molecule has 1 amide bonds. The van der Waals surface area contributed by atoms with E-state index in [0.717, 1.165) is 60.9 Å². The first-order valence-corrected chi connectivity index (χ1v) is 11.1. The van der Waals surface area contributed by atoms with E-state index in [4.69, 9.17) is 9.47 Å². The van der Waals surface area contributed by atoms with Crippen molar-refractivity contribution < 1.29 is 14.3 Å². The van der Waals surface area contributed by atoms with Crippen LogP contribution in [-0.2, 0) is 23.0 Å². The van der Waals surface area contributed by atoms with Crippen molar-refractivity contribution in [3.8, 4) is 5.75 Å². The van der Waals surface area contributed by atoms with Gasteiger partial charge in [0.25, 0.3) is 0 Å². The highest BCUT2D eigenvalue weighted by molar-refractivity contribution is 7.99. The molecule has 8 nitrogen and oxygen atoms in total. The van der Waals surface area contributed by atoms with Gasteiger partial charge in [0.05, 0.1) is 20.3 Å². The second-order valence-corrected chi connectivity index (χ2v) is 7.97. The highest BCUT2D eigenvalue weighted by Crippen LogP contribution is 2.16. The molecule has 0 atom stereocenters. The number of carbonyl (C=O) groups is 1. The maximum absolute atomic E-state index is 12.0. The molecular weight excluding hydrogens is 402 g/mol. The van der Waals surface area contributed by atoms with Crippen LogP contribution in [0.15, 0.2) is 35.5 Å². The third kappa shape index (κ3) is 6.86. The van der Waals surface area contributed by atoms with E-state index < -0.39 is 0 Å². The summed E-state index contributed by atoms with van der Waals surface area (Å²) in [7, 11) is 3.60. The van der Waals surface area contributed by atoms with Gasteiger partial charge < -0.3 is 19.4 Å². The average molecular weight is 432 g/mol. The molecule has 0 unspecified atom stereocenters. The lowest BCUT2D eigenvalue weighted by atomic mass is 10.2. The predicted molar refractivity (Wildman–Crippen MR) is 118 cm³/mol. The smallest absolute Gasteiger partial charge is 0.244 e. The molecule has 0 saturated carbocycles. The number of aromatic nitrogens is 3. The zero-order valence-corrected chi connectivity index (χ0v) is 18.4. The summed E-state index contributed by atoms with van der Waals surface area (Å²) in [5, 5.41) is 12.3. The van der Waals surface area contributed by atoms with Crippen LogP contribution in [0.5, 0.6) is 5.75 Å². The average Bonchev–Trinajstić information content (AvgIpc) is 3.13. The number of hydrogen-bond acceptors (Lipinski definition) is 7. The molecule has 0 aliphatic carbocycles. The molecule has 1 aliphatic rings. The van der Waals surface area contributed by atoms with E-state index in [9.17, 15) is 4.79 Å². The number of carbonyl (C=O) groups excluding carboxylic acids is 1. The van der Waals surface area contributed by atoms with Gasteiger partial charge in [0.1, 0.15) is 11.6 Å². The second-order valence-electron chi connectivity index (χ2n) is 6.91. The van der Waals surface area contributed by atoms with Crippen LogP contribution in [0.1, 0.15) is 11.4 Å². The summed E-state index contributed by atoms with van der Waals surface area (Å²) in [5.41, 5.74) is 0.943. The SMILES string of the molecule is COc1ccc(/C=C/C(=O)NCCc2nnc(SCCN3CCOCC3)n2C)cc1. The van der Waals surface area contributed by atoms with Crippen LogP contribution in [0.2, 0.25) is 0 Å². The van der Waals surface area contributed by atoms with Gasteiger partial charge in [-0.05, 0) is 23.8 Å². The summed E-state index contributed by atoms with van der Waals surface area (Å²) >= 11 is 1.71. The molecule has 9 heteroatoms. The molecule has 2 aromatic rings. The molecule has 0 radical (unpaired) electrons. The molecule has 162 valence electrons. The Labute approximate surface area is 181 Å². The maximum Gasteiger partial charge on any atom is 0.244 e. The Morgan fingerprint density at radius 1 is 1.27 bits per heavy atom. The predicted octanol–water partition coefficient (Wildman–Crippen LogP) is 1.62. The summed E-state index contributed by atoms with van der Waals surface area (Å²) in [6.07, 6.45) is 3.95. The molecular formula is C21H29N5O3S. The molecule has 1 aromatic heterocycles. The monoisotopic (exact) mass is 431 g/mol. The van der Waals surface area contributed by atoms with Gasteiger partial charge in [0.2, 0.25) is 5.91 Å². The fourth-order valence-electron chi connectivity index (χ4n) is 3.02. The standard InChI is InChI=1S/C21H29N5O3S/c1-25-19(23-24-21(25)30-16-13-26-11-14-29-15-12-26)9-10-22-20(27)8-5-17-3-6-18(28-2)7-4-17/h3-8H,9-16H2,1-2H3,(H,22,27)/b8-5+. The van der Waals surface area contributed by atoms with Crippen LogP contribution in [0.25, 0.3) is 6.08 Å². The van der Waals surface area contributed by atoms with E-state index in [2.05, 4.69) is 20.4 Å². The highest BCUT2D eigenvalue weighted by Gasteiger charge is 2.12. The molecule has 3 rings (SSSR count). The first-order valence-electron chi connectivity index (χ1n) is 10.1. The van der Waals surface area contributed by atoms with Gasteiger partial charge in [0, 0.05) is 51.5 Å². The van der Waals surface area contributed by atoms with E-state index in [1.807, 2.05) is 35.9 Å². The third-order valence-electron chi connectivity index (χ3n) is 4.86. The number of rotatable bonds is 10. The first kappa shape index (κ1) is 22.3. The number of hydrogen-bond donors (Lipinski definition) is 1. The lowest BCUT2D eigenvalue weighted by Gasteiger charge is -2.26. The van der Waals surface area contributed by atoms with E-state index in [0.29, 0.717) is 13.0 Å². The summed E-state index contributed by atoms with van der Waals surface area (Å²) in [5.74, 6) is 2.49. The topological polar surface area (TPSA) is 81.5 Å². The molecule has 1 fully saturated rings. The number of amides is 1. The molecule has 0 bridgehead atoms. The van der Waals surface area contributed by atoms with Crippen molar-refractivity contribution in [3.63, 3.8) is 0 Å². The van der Waals surface area contributed by atoms with Gasteiger partial charge in [-0.1, -0.05) is 23.9 Å². The number of ether oxygens (including phenoxy) is 2. The summed E-state index contributed by atoms with van der Waals surface area (Å²) in [6.45, 7) is 5.16. The minimum Gasteiger partial charge on any atom is -0.497 e. The van der Waals surface area contributed by atoms with Gasteiger partial charge in [-0.15, -0.1) is 10.2 Å². The zero-order valence-electron chi connectivity index (χ0n) is 17.5. The highest BCUT2D eigenvalue weighted by atomic mass is 32.2. The van der Waals surface area contributed by atoms with Crippen LogP contribution < -0.4 is 10.1 Å². The van der Waals surface area contributed by atoms with Crippen molar-refractivity contribution in [3.05, 3.63) is 41.7 Å². The van der Waals surface area contributed by atoms with E-state index in [1.54, 1.807) is 24.9 Å². The molecule has 0 spiro atoms. The molecule has 2 heterocycles. The Bertz CT molecular complexity index is 832. The quantitative estimate of drug-likeness (QED) is 0.452. The summed E-state index contributed by atoms with van der Waals surface area (Å²) in [6, 6.07) is 7.53. The fraction of sp³-hybridized carbons (Fsp3) is 0.476. The van der Waals surface area contributed by atoms with Crippen molar-refractivity contribution >= 4 is 23.7 Å². The molecule has 30 heavy (non-hydrogen) atoms. The van der Waals surface area contributed by atoms with Crippen molar-refractivity contribution in [1.29, 1.82) is 0 Å². The lowest BCUT2D eigenvalue weighted by molar-refractivity contribution is -0.116. The van der Waals surface area contributed by atoms with Crippen LogP contribution in [0.4, 0.5) is 0 Å². The molecule has 1 N–H and O–H groups in total. The second kappa shape index (κ2) is 11.7. The van der Waals surface area contributed by atoms with Gasteiger partial charge in [-0.3, -0.25) is 9.69 Å². The van der Waals surface area contributed by atoms with Crippen LogP contribution in [0.3, 0.4) is 0 Å². The van der Waals surface area contributed by atoms with Gasteiger partial charge in [-0.25, -0.2) is 0 Å². The van der Waals surface area contributed by atoms with Gasteiger partial charge in [0.15, 0.2) is 5.16 Å². The molecule has 1 aliphatic heterocycles. The third-order valence-corrected chi connectivity index (χ3v) is 5.86. The Balaban J connectivity index is 1.37. The van der Waals surface area contributed by atoms with Crippen LogP contribution in [0, 0.1) is 0 Å². The maximum atomic E-state index is 12.0. The number of nitrogens with one attached hydrogen (secondary N) is 1. The Morgan fingerprint density at radius 3 is 2.77 bits per heavy atom. The largest absolute Gasteiger partial charge is 0.497 e. The Hall–Kier alpha value is -2.36. The van der Waals surface area contributed by atoms with Crippen molar-refractivity contribution in [2.24, 2.45) is 7.05 Å². The molecule has 1 aromatic carbocycles. The molecule has 1 saturated heterocycles. The van der Waals surface area contributed by atoms with Crippen molar-refractivity contribution in [1.82, 2.24) is 25.0 Å². The van der Waals surface area contributed by atoms with Crippen molar-refractivity contribution in [2.75, 3.05) is 52.3 Å². The number of morpholine rings is 1. The van der Waals surface area contributed by atoms with Crippen LogP contribution in [-0.4, -0.2) is 77.8 Å². The number of benzene rings is 1. The van der Waals surface area contributed by atoms with Gasteiger partial charge in [-0.2, -0.15) is 0 Å². The first-order chi connectivity index (χ1) is 14.7. The summed E-state index contributed by atoms with van der Waals surface area (Å²) < 4.78 is 12.5. The Kier molecular flexibility index (Phi) is 8.73. The van der Waals surface area contributed by atoms with E-state index in [-0.39, 0.29) is 5.91 Å². The number of thioether (sulfide) groups is 1. The minimum atomic E-state index is -0.131.